The monoisotopic (exact) mass is 773 g/mol. The van der Waals surface area contributed by atoms with Gasteiger partial charge in [0.05, 0.1) is 27.3 Å². The second-order valence-electron chi connectivity index (χ2n) is 14.7. The molecular formula is C53H31N3S2. The molecule has 3 nitrogen and oxygen atoms in total. The fourth-order valence-corrected chi connectivity index (χ4v) is 11.0. The maximum absolute atomic E-state index is 5.53. The fourth-order valence-electron chi connectivity index (χ4n) is 8.55. The van der Waals surface area contributed by atoms with Gasteiger partial charge in [-0.2, -0.15) is 0 Å². The molecule has 0 spiro atoms. The van der Waals surface area contributed by atoms with Crippen LogP contribution in [0.2, 0.25) is 0 Å². The highest BCUT2D eigenvalue weighted by Gasteiger charge is 2.19. The van der Waals surface area contributed by atoms with Gasteiger partial charge in [0.25, 0.3) is 0 Å². The molecule has 0 fully saturated rings. The molecule has 4 heterocycles. The van der Waals surface area contributed by atoms with E-state index < -0.39 is 0 Å². The fraction of sp³-hybridized carbons (Fsp3) is 0. The van der Waals surface area contributed by atoms with E-state index in [1.807, 2.05) is 40.9 Å². The van der Waals surface area contributed by atoms with Gasteiger partial charge in [-0.15, -0.1) is 22.7 Å². The predicted molar refractivity (Wildman–Crippen MR) is 248 cm³/mol. The molecule has 0 unspecified atom stereocenters. The van der Waals surface area contributed by atoms with E-state index in [1.165, 1.54) is 62.1 Å². The minimum Gasteiger partial charge on any atom is -0.246 e. The standard InChI is InChI=1S/C53H31N3S2/c1-2-14-33(15-3-1)53-55-44(31-46(56-53)42-24-12-23-40-39-20-6-8-25-47(39)57-51(40)42)35-17-10-18-36(29-35)50-52-49(43-21-7-9-26-48(43)58-52)41-28-27-34(30-45(41)54-50)38-22-11-16-32-13-4-5-19-37(32)38/h1-31H. The van der Waals surface area contributed by atoms with Gasteiger partial charge in [0.15, 0.2) is 5.82 Å². The molecule has 4 aromatic heterocycles. The minimum atomic E-state index is 0.702. The number of benzene rings is 8. The Morgan fingerprint density at radius 2 is 0.983 bits per heavy atom. The van der Waals surface area contributed by atoms with E-state index in [4.69, 9.17) is 15.0 Å². The molecular weight excluding hydrogens is 743 g/mol. The van der Waals surface area contributed by atoms with Crippen LogP contribution in [-0.4, -0.2) is 15.0 Å². The zero-order valence-corrected chi connectivity index (χ0v) is 32.7. The van der Waals surface area contributed by atoms with Gasteiger partial charge in [0.2, 0.25) is 0 Å². The Kier molecular flexibility index (Phi) is 7.58. The predicted octanol–water partition coefficient (Wildman–Crippen LogP) is 15.2. The van der Waals surface area contributed by atoms with E-state index in [0.717, 1.165) is 50.4 Å². The summed E-state index contributed by atoms with van der Waals surface area (Å²) in [5, 5.41) is 8.67. The summed E-state index contributed by atoms with van der Waals surface area (Å²) < 4.78 is 4.95. The van der Waals surface area contributed by atoms with Crippen LogP contribution in [0.1, 0.15) is 0 Å². The van der Waals surface area contributed by atoms with E-state index in [0.29, 0.717) is 5.82 Å². The zero-order valence-electron chi connectivity index (χ0n) is 31.1. The first kappa shape index (κ1) is 33.1. The van der Waals surface area contributed by atoms with Gasteiger partial charge in [0, 0.05) is 63.3 Å². The quantitative estimate of drug-likeness (QED) is 0.175. The van der Waals surface area contributed by atoms with Crippen LogP contribution >= 0.6 is 22.7 Å². The highest BCUT2D eigenvalue weighted by Crippen LogP contribution is 2.45. The van der Waals surface area contributed by atoms with Gasteiger partial charge in [-0.05, 0) is 52.2 Å². The van der Waals surface area contributed by atoms with Gasteiger partial charge < -0.3 is 0 Å². The Morgan fingerprint density at radius 3 is 1.88 bits per heavy atom. The van der Waals surface area contributed by atoms with Gasteiger partial charge in [-0.3, -0.25) is 0 Å². The Bertz CT molecular complexity index is 3580. The summed E-state index contributed by atoms with van der Waals surface area (Å²) in [7, 11) is 0. The highest BCUT2D eigenvalue weighted by molar-refractivity contribution is 7.26. The first-order valence-electron chi connectivity index (χ1n) is 19.4. The number of nitrogens with zero attached hydrogens (tertiary/aromatic N) is 3. The van der Waals surface area contributed by atoms with Crippen molar-refractivity contribution in [1.29, 1.82) is 0 Å². The summed E-state index contributed by atoms with van der Waals surface area (Å²) in [4.78, 5) is 16.0. The highest BCUT2D eigenvalue weighted by atomic mass is 32.1. The largest absolute Gasteiger partial charge is 0.246 e. The SMILES string of the molecule is c1ccc(-c2nc(-c3cccc(-c4nc5cc(-c6cccc7ccccc67)ccc5c5c4sc4ccccc45)c3)cc(-c3cccc4c3sc3ccccc34)n2)cc1. The molecule has 0 aliphatic heterocycles. The number of pyridine rings is 1. The lowest BCUT2D eigenvalue weighted by atomic mass is 9.96. The zero-order chi connectivity index (χ0) is 38.2. The molecule has 0 N–H and O–H groups in total. The topological polar surface area (TPSA) is 38.7 Å². The van der Waals surface area contributed by atoms with Crippen LogP contribution in [0.25, 0.3) is 118 Å². The average Bonchev–Trinajstić information content (AvgIpc) is 3.88. The van der Waals surface area contributed by atoms with Crippen LogP contribution in [0.5, 0.6) is 0 Å². The van der Waals surface area contributed by atoms with E-state index in [-0.39, 0.29) is 0 Å². The van der Waals surface area contributed by atoms with Crippen molar-refractivity contribution >= 4 is 84.7 Å². The summed E-state index contributed by atoms with van der Waals surface area (Å²) in [6, 6.07) is 67.1. The lowest BCUT2D eigenvalue weighted by molar-refractivity contribution is 1.19. The molecule has 0 atom stereocenters. The third-order valence-corrected chi connectivity index (χ3v) is 13.7. The van der Waals surface area contributed by atoms with Crippen molar-refractivity contribution in [3.8, 4) is 56.3 Å². The van der Waals surface area contributed by atoms with Crippen LogP contribution in [0.4, 0.5) is 0 Å². The number of hydrogen-bond donors (Lipinski definition) is 0. The molecule has 5 heteroatoms. The van der Waals surface area contributed by atoms with E-state index in [2.05, 4.69) is 170 Å². The molecule has 0 saturated heterocycles. The van der Waals surface area contributed by atoms with Crippen molar-refractivity contribution in [2.24, 2.45) is 0 Å². The molecule has 8 aromatic carbocycles. The molecule has 0 bridgehead atoms. The number of fused-ring (bicyclic) bond motifs is 9. The maximum atomic E-state index is 5.53. The lowest BCUT2D eigenvalue weighted by Crippen LogP contribution is -1.96. The molecule has 12 rings (SSSR count). The molecule has 12 aromatic rings. The number of thiophene rings is 2. The average molecular weight is 774 g/mol. The van der Waals surface area contributed by atoms with Crippen molar-refractivity contribution in [3.05, 3.63) is 188 Å². The van der Waals surface area contributed by atoms with Gasteiger partial charge in [-0.25, -0.2) is 15.0 Å². The second kappa shape index (κ2) is 13.3. The minimum absolute atomic E-state index is 0.702. The maximum Gasteiger partial charge on any atom is 0.160 e. The third kappa shape index (κ3) is 5.36. The van der Waals surface area contributed by atoms with Crippen molar-refractivity contribution < 1.29 is 0 Å². The Labute approximate surface area is 342 Å². The molecule has 0 radical (unpaired) electrons. The van der Waals surface area contributed by atoms with Crippen molar-refractivity contribution in [2.75, 3.05) is 0 Å². The summed E-state index contributed by atoms with van der Waals surface area (Å²) in [5.41, 5.74) is 10.3. The first-order valence-corrected chi connectivity index (χ1v) is 21.1. The molecule has 0 amide bonds. The van der Waals surface area contributed by atoms with Crippen molar-refractivity contribution in [1.82, 2.24) is 15.0 Å². The summed E-state index contributed by atoms with van der Waals surface area (Å²) in [6.45, 7) is 0. The Balaban J connectivity index is 1.07. The molecule has 58 heavy (non-hydrogen) atoms. The normalized spacial score (nSPS) is 11.8. The van der Waals surface area contributed by atoms with E-state index in [9.17, 15) is 0 Å². The van der Waals surface area contributed by atoms with Gasteiger partial charge in [0.1, 0.15) is 0 Å². The van der Waals surface area contributed by atoms with Crippen LogP contribution < -0.4 is 0 Å². The number of aromatic nitrogens is 3. The summed E-state index contributed by atoms with van der Waals surface area (Å²) in [5.74, 6) is 0.702. The van der Waals surface area contributed by atoms with Crippen LogP contribution in [0.15, 0.2) is 188 Å². The number of hydrogen-bond acceptors (Lipinski definition) is 5. The van der Waals surface area contributed by atoms with Crippen molar-refractivity contribution in [3.63, 3.8) is 0 Å². The Hall–Kier alpha value is -7.05. The van der Waals surface area contributed by atoms with Crippen molar-refractivity contribution in [2.45, 2.75) is 0 Å². The molecule has 0 aliphatic carbocycles. The second-order valence-corrected chi connectivity index (χ2v) is 16.8. The van der Waals surface area contributed by atoms with Crippen LogP contribution in [0.3, 0.4) is 0 Å². The molecule has 270 valence electrons. The van der Waals surface area contributed by atoms with Gasteiger partial charge in [-0.1, -0.05) is 158 Å². The summed E-state index contributed by atoms with van der Waals surface area (Å²) >= 11 is 3.64. The number of rotatable bonds is 5. The summed E-state index contributed by atoms with van der Waals surface area (Å²) in [6.07, 6.45) is 0. The van der Waals surface area contributed by atoms with E-state index >= 15 is 0 Å². The van der Waals surface area contributed by atoms with Crippen LogP contribution in [0, 0.1) is 0 Å². The Morgan fingerprint density at radius 1 is 0.345 bits per heavy atom. The molecule has 0 aliphatic rings. The lowest BCUT2D eigenvalue weighted by Gasteiger charge is -2.13. The van der Waals surface area contributed by atoms with Gasteiger partial charge >= 0.3 is 0 Å². The van der Waals surface area contributed by atoms with Crippen LogP contribution in [-0.2, 0) is 0 Å². The smallest absolute Gasteiger partial charge is 0.160 e. The molecule has 0 saturated carbocycles. The third-order valence-electron chi connectivity index (χ3n) is 11.3. The first-order chi connectivity index (χ1) is 28.7. The van der Waals surface area contributed by atoms with E-state index in [1.54, 1.807) is 0 Å².